The number of halogens is 3. The molecule has 1 aliphatic rings. The third kappa shape index (κ3) is 5.01. The van der Waals surface area contributed by atoms with E-state index >= 15 is 0 Å². The Hall–Kier alpha value is -2.49. The van der Waals surface area contributed by atoms with Gasteiger partial charge in [0.15, 0.2) is 6.10 Å². The van der Waals surface area contributed by atoms with E-state index in [1.165, 1.54) is 36.1 Å². The number of aliphatic carboxylic acids is 1. The predicted molar refractivity (Wildman–Crippen MR) is 84.7 cm³/mol. The lowest BCUT2D eigenvalue weighted by Crippen LogP contribution is -2.52. The van der Waals surface area contributed by atoms with E-state index < -0.39 is 30.3 Å². The molecule has 10 heteroatoms. The Labute approximate surface area is 147 Å². The molecule has 0 radical (unpaired) electrons. The smallest absolute Gasteiger partial charge is 0.479 e. The Bertz CT molecular complexity index is 642. The van der Waals surface area contributed by atoms with Gasteiger partial charge in [-0.3, -0.25) is 4.79 Å². The number of aliphatic hydroxyl groups is 1. The largest absolute Gasteiger partial charge is 0.573 e. The minimum Gasteiger partial charge on any atom is -0.479 e. The molecule has 0 unspecified atom stereocenters. The van der Waals surface area contributed by atoms with Gasteiger partial charge in [0, 0.05) is 31.9 Å². The molecule has 2 atom stereocenters. The zero-order valence-corrected chi connectivity index (χ0v) is 13.9. The third-order valence-electron chi connectivity index (χ3n) is 4.14. The Morgan fingerprint density at radius 3 is 2.12 bits per heavy atom. The van der Waals surface area contributed by atoms with Gasteiger partial charge in [-0.2, -0.15) is 0 Å². The summed E-state index contributed by atoms with van der Waals surface area (Å²) in [4.78, 5) is 26.4. The molecule has 1 fully saturated rings. The van der Waals surface area contributed by atoms with E-state index in [1.807, 2.05) is 4.90 Å². The van der Waals surface area contributed by atoms with Gasteiger partial charge >= 0.3 is 12.3 Å². The summed E-state index contributed by atoms with van der Waals surface area (Å²) in [6.45, 7) is 2.85. The maximum absolute atomic E-state index is 12.2. The lowest BCUT2D eigenvalue weighted by Gasteiger charge is -2.37. The summed E-state index contributed by atoms with van der Waals surface area (Å²) in [5.74, 6) is -3.27. The maximum Gasteiger partial charge on any atom is 0.573 e. The van der Waals surface area contributed by atoms with Crippen LogP contribution < -0.4 is 9.64 Å². The van der Waals surface area contributed by atoms with Crippen LogP contribution in [0.1, 0.15) is 6.92 Å². The Balaban J connectivity index is 1.92. The zero-order chi connectivity index (χ0) is 19.5. The molecule has 1 heterocycles. The summed E-state index contributed by atoms with van der Waals surface area (Å²) < 4.78 is 40.3. The molecule has 2 rings (SSSR count). The zero-order valence-electron chi connectivity index (χ0n) is 13.9. The number of aliphatic hydroxyl groups excluding tert-OH is 1. The number of nitrogens with zero attached hydrogens (tertiary/aromatic N) is 2. The summed E-state index contributed by atoms with van der Waals surface area (Å²) in [6.07, 6.45) is -6.51. The number of ether oxygens (including phenoxy) is 1. The minimum atomic E-state index is -4.75. The van der Waals surface area contributed by atoms with Crippen LogP contribution in [0.2, 0.25) is 0 Å². The van der Waals surface area contributed by atoms with Crippen molar-refractivity contribution in [3.05, 3.63) is 24.3 Å². The first kappa shape index (κ1) is 19.8. The fourth-order valence-electron chi connectivity index (χ4n) is 2.68. The fourth-order valence-corrected chi connectivity index (χ4v) is 2.68. The number of hydrogen-bond acceptors (Lipinski definition) is 5. The monoisotopic (exact) mass is 376 g/mol. The number of carboxylic acids is 1. The van der Waals surface area contributed by atoms with Crippen molar-refractivity contribution in [3.8, 4) is 5.75 Å². The molecule has 1 saturated heterocycles. The Morgan fingerprint density at radius 2 is 1.65 bits per heavy atom. The molecular formula is C16H19F3N2O5. The van der Waals surface area contributed by atoms with Gasteiger partial charge in [0.1, 0.15) is 5.75 Å². The molecule has 2 N–H and O–H groups in total. The van der Waals surface area contributed by atoms with E-state index in [4.69, 9.17) is 5.11 Å². The number of hydrogen-bond donors (Lipinski definition) is 2. The molecule has 0 spiro atoms. The van der Waals surface area contributed by atoms with Gasteiger partial charge in [-0.05, 0) is 24.3 Å². The molecule has 26 heavy (non-hydrogen) atoms. The van der Waals surface area contributed by atoms with E-state index in [0.29, 0.717) is 31.9 Å². The van der Waals surface area contributed by atoms with E-state index in [1.54, 1.807) is 0 Å². The van der Waals surface area contributed by atoms with Gasteiger partial charge in [0.05, 0.1) is 5.92 Å². The van der Waals surface area contributed by atoms with Gasteiger partial charge in [-0.25, -0.2) is 4.79 Å². The topological polar surface area (TPSA) is 90.3 Å². The van der Waals surface area contributed by atoms with Gasteiger partial charge in [0.2, 0.25) is 5.91 Å². The Kier molecular flexibility index (Phi) is 5.96. The Morgan fingerprint density at radius 1 is 1.12 bits per heavy atom. The SMILES string of the molecule is C[C@H](C(=O)N1CCN(c2ccc(OC(F)(F)F)cc2)CC1)[C@@H](O)C(=O)O. The van der Waals surface area contributed by atoms with Crippen LogP contribution in [0.4, 0.5) is 18.9 Å². The number of anilines is 1. The molecule has 1 aliphatic heterocycles. The molecule has 1 amide bonds. The lowest BCUT2D eigenvalue weighted by molar-refractivity contribution is -0.274. The summed E-state index contributed by atoms with van der Waals surface area (Å²) >= 11 is 0. The molecule has 0 bridgehead atoms. The molecule has 1 aromatic rings. The fraction of sp³-hybridized carbons (Fsp3) is 0.500. The first-order valence-electron chi connectivity index (χ1n) is 7.89. The van der Waals surface area contributed by atoms with Crippen molar-refractivity contribution < 1.29 is 37.7 Å². The van der Waals surface area contributed by atoms with E-state index in [9.17, 15) is 27.9 Å². The van der Waals surface area contributed by atoms with Crippen LogP contribution in [0.15, 0.2) is 24.3 Å². The molecule has 144 valence electrons. The van der Waals surface area contributed by atoms with Crippen LogP contribution in [0.5, 0.6) is 5.75 Å². The van der Waals surface area contributed by atoms with E-state index in [0.717, 1.165) is 0 Å². The minimum absolute atomic E-state index is 0.313. The first-order valence-corrected chi connectivity index (χ1v) is 7.89. The summed E-state index contributed by atoms with van der Waals surface area (Å²) in [7, 11) is 0. The molecule has 1 aromatic carbocycles. The average Bonchev–Trinajstić information content (AvgIpc) is 2.59. The van der Waals surface area contributed by atoms with Crippen molar-refractivity contribution in [2.45, 2.75) is 19.4 Å². The van der Waals surface area contributed by atoms with Crippen molar-refractivity contribution in [2.75, 3.05) is 31.1 Å². The van der Waals surface area contributed by atoms with Crippen LogP contribution >= 0.6 is 0 Å². The number of benzene rings is 1. The molecule has 7 nitrogen and oxygen atoms in total. The second-order valence-corrected chi connectivity index (χ2v) is 5.93. The average molecular weight is 376 g/mol. The van der Waals surface area contributed by atoms with Crippen molar-refractivity contribution >= 4 is 17.6 Å². The number of carbonyl (C=O) groups is 2. The number of carbonyl (C=O) groups excluding carboxylic acids is 1. The van der Waals surface area contributed by atoms with Crippen LogP contribution in [0, 0.1) is 5.92 Å². The van der Waals surface area contributed by atoms with Crippen molar-refractivity contribution in [1.82, 2.24) is 4.90 Å². The highest BCUT2D eigenvalue weighted by Crippen LogP contribution is 2.26. The number of rotatable bonds is 5. The normalized spacial score (nSPS) is 17.6. The highest BCUT2D eigenvalue weighted by Gasteiger charge is 2.33. The number of carboxylic acid groups (broad SMARTS) is 1. The van der Waals surface area contributed by atoms with Crippen LogP contribution in [0.3, 0.4) is 0 Å². The quantitative estimate of drug-likeness (QED) is 0.806. The second kappa shape index (κ2) is 7.81. The van der Waals surface area contributed by atoms with Crippen LogP contribution in [-0.4, -0.2) is 65.6 Å². The summed E-state index contributed by atoms with van der Waals surface area (Å²) in [5.41, 5.74) is 0.685. The van der Waals surface area contributed by atoms with Crippen LogP contribution in [-0.2, 0) is 9.59 Å². The van der Waals surface area contributed by atoms with Crippen molar-refractivity contribution in [1.29, 1.82) is 0 Å². The highest BCUT2D eigenvalue weighted by molar-refractivity contribution is 5.85. The van der Waals surface area contributed by atoms with Crippen molar-refractivity contribution in [2.24, 2.45) is 5.92 Å². The summed E-state index contributed by atoms with van der Waals surface area (Å²) in [5, 5.41) is 18.3. The highest BCUT2D eigenvalue weighted by atomic mass is 19.4. The van der Waals surface area contributed by atoms with Gasteiger partial charge in [-0.15, -0.1) is 13.2 Å². The molecule has 0 aliphatic carbocycles. The van der Waals surface area contributed by atoms with Gasteiger partial charge < -0.3 is 24.7 Å². The lowest BCUT2D eigenvalue weighted by atomic mass is 10.0. The molecule has 0 saturated carbocycles. The van der Waals surface area contributed by atoms with Crippen molar-refractivity contribution in [3.63, 3.8) is 0 Å². The second-order valence-electron chi connectivity index (χ2n) is 5.93. The van der Waals surface area contributed by atoms with Gasteiger partial charge in [-0.1, -0.05) is 6.92 Å². The predicted octanol–water partition coefficient (Wildman–Crippen LogP) is 1.32. The van der Waals surface area contributed by atoms with Gasteiger partial charge in [0.25, 0.3) is 0 Å². The number of piperazine rings is 1. The van der Waals surface area contributed by atoms with Crippen LogP contribution in [0.25, 0.3) is 0 Å². The third-order valence-corrected chi connectivity index (χ3v) is 4.14. The standard InChI is InChI=1S/C16H19F3N2O5/c1-10(13(22)15(24)25)14(23)21-8-6-20(7-9-21)11-2-4-12(5-3-11)26-16(17,18)19/h2-5,10,13,22H,6-9H2,1H3,(H,24,25)/t10-,13+/m0/s1. The van der Waals surface area contributed by atoms with E-state index in [2.05, 4.69) is 4.74 Å². The number of amides is 1. The maximum atomic E-state index is 12.2. The molecule has 0 aromatic heterocycles. The summed E-state index contributed by atoms with van der Waals surface area (Å²) in [6, 6.07) is 5.42. The number of alkyl halides is 3. The van der Waals surface area contributed by atoms with E-state index in [-0.39, 0.29) is 5.75 Å². The first-order chi connectivity index (χ1) is 12.1. The molecular weight excluding hydrogens is 357 g/mol.